The van der Waals surface area contributed by atoms with Gasteiger partial charge >= 0.3 is 6.09 Å². The van der Waals surface area contributed by atoms with Gasteiger partial charge in [0, 0.05) is 11.1 Å². The first-order chi connectivity index (χ1) is 9.23. The zero-order valence-electron chi connectivity index (χ0n) is 10.7. The van der Waals surface area contributed by atoms with Crippen LogP contribution < -0.4 is 5.32 Å². The molecule has 0 bridgehead atoms. The lowest BCUT2D eigenvalue weighted by molar-refractivity contribution is 0.0717. The van der Waals surface area contributed by atoms with Gasteiger partial charge in [-0.05, 0) is 6.92 Å². The molecular formula is C16H15NO2. The average molecular weight is 253 g/mol. The summed E-state index contributed by atoms with van der Waals surface area (Å²) in [6.45, 7) is 1.96. The summed E-state index contributed by atoms with van der Waals surface area (Å²) < 4.78 is 5.68. The summed E-state index contributed by atoms with van der Waals surface area (Å²) >= 11 is 0. The molecule has 1 saturated heterocycles. The Morgan fingerprint density at radius 3 is 1.79 bits per heavy atom. The zero-order chi connectivity index (χ0) is 13.3. The SMILES string of the molecule is CC1NC(=O)OC1(c1ccccc1)c1ccccc1. The summed E-state index contributed by atoms with van der Waals surface area (Å²) in [4.78, 5) is 11.7. The maximum absolute atomic E-state index is 11.7. The highest BCUT2D eigenvalue weighted by Crippen LogP contribution is 2.40. The highest BCUT2D eigenvalue weighted by Gasteiger charge is 2.49. The Balaban J connectivity index is 2.20. The number of alkyl carbamates (subject to hydrolysis) is 1. The monoisotopic (exact) mass is 253 g/mol. The van der Waals surface area contributed by atoms with Crippen LogP contribution in [0.3, 0.4) is 0 Å². The predicted octanol–water partition coefficient (Wildman–Crippen LogP) is 3.06. The van der Waals surface area contributed by atoms with Crippen molar-refractivity contribution in [2.45, 2.75) is 18.6 Å². The fourth-order valence-corrected chi connectivity index (χ4v) is 2.70. The van der Waals surface area contributed by atoms with Gasteiger partial charge in [-0.3, -0.25) is 0 Å². The normalized spacial score (nSPS) is 20.7. The number of cyclic esters (lactones) is 1. The summed E-state index contributed by atoms with van der Waals surface area (Å²) in [5.74, 6) is 0. The lowest BCUT2D eigenvalue weighted by Gasteiger charge is -2.31. The molecule has 19 heavy (non-hydrogen) atoms. The lowest BCUT2D eigenvalue weighted by Crippen LogP contribution is -2.40. The van der Waals surface area contributed by atoms with E-state index >= 15 is 0 Å². The van der Waals surface area contributed by atoms with Gasteiger partial charge in [0.25, 0.3) is 0 Å². The third kappa shape index (κ3) is 1.78. The molecule has 1 fully saturated rings. The highest BCUT2D eigenvalue weighted by atomic mass is 16.6. The van der Waals surface area contributed by atoms with Crippen LogP contribution in [0.4, 0.5) is 4.79 Å². The number of hydrogen-bond acceptors (Lipinski definition) is 2. The molecule has 3 rings (SSSR count). The summed E-state index contributed by atoms with van der Waals surface area (Å²) in [6.07, 6.45) is -0.375. The van der Waals surface area contributed by atoms with E-state index in [2.05, 4.69) is 5.32 Å². The predicted molar refractivity (Wildman–Crippen MR) is 72.7 cm³/mol. The minimum atomic E-state index is -0.750. The van der Waals surface area contributed by atoms with Crippen LogP contribution in [0.2, 0.25) is 0 Å². The van der Waals surface area contributed by atoms with E-state index in [9.17, 15) is 4.79 Å². The van der Waals surface area contributed by atoms with Gasteiger partial charge in [-0.15, -0.1) is 0 Å². The first-order valence-electron chi connectivity index (χ1n) is 6.34. The van der Waals surface area contributed by atoms with Crippen LogP contribution in [0, 0.1) is 0 Å². The molecule has 1 amide bonds. The number of ether oxygens (including phenoxy) is 1. The Morgan fingerprint density at radius 1 is 0.947 bits per heavy atom. The third-order valence-corrected chi connectivity index (χ3v) is 3.60. The van der Waals surface area contributed by atoms with Crippen LogP contribution in [0.25, 0.3) is 0 Å². The van der Waals surface area contributed by atoms with E-state index in [0.29, 0.717) is 0 Å². The number of carbonyl (C=O) groups is 1. The molecule has 0 aliphatic carbocycles. The van der Waals surface area contributed by atoms with Crippen molar-refractivity contribution in [3.8, 4) is 0 Å². The minimum Gasteiger partial charge on any atom is -0.431 e. The number of nitrogens with one attached hydrogen (secondary N) is 1. The Labute approximate surface area is 112 Å². The van der Waals surface area contributed by atoms with E-state index in [4.69, 9.17) is 4.74 Å². The topological polar surface area (TPSA) is 38.3 Å². The molecule has 1 aliphatic rings. The Morgan fingerprint density at radius 2 is 1.42 bits per heavy atom. The lowest BCUT2D eigenvalue weighted by atomic mass is 9.81. The highest BCUT2D eigenvalue weighted by molar-refractivity contribution is 5.73. The maximum atomic E-state index is 11.7. The van der Waals surface area contributed by atoms with Crippen LogP contribution >= 0.6 is 0 Å². The van der Waals surface area contributed by atoms with Crippen molar-refractivity contribution in [3.63, 3.8) is 0 Å². The fourth-order valence-electron chi connectivity index (χ4n) is 2.70. The first-order valence-corrected chi connectivity index (χ1v) is 6.34. The molecule has 1 N–H and O–H groups in total. The molecule has 96 valence electrons. The summed E-state index contributed by atoms with van der Waals surface area (Å²) in [5.41, 5.74) is 1.21. The van der Waals surface area contributed by atoms with Crippen molar-refractivity contribution in [2.24, 2.45) is 0 Å². The van der Waals surface area contributed by atoms with Gasteiger partial charge < -0.3 is 10.1 Å². The van der Waals surface area contributed by atoms with Crippen LogP contribution in [0.5, 0.6) is 0 Å². The van der Waals surface area contributed by atoms with Gasteiger partial charge in [-0.1, -0.05) is 60.7 Å². The van der Waals surface area contributed by atoms with Gasteiger partial charge in [-0.2, -0.15) is 0 Å². The van der Waals surface area contributed by atoms with Gasteiger partial charge in [0.05, 0.1) is 6.04 Å². The fraction of sp³-hybridized carbons (Fsp3) is 0.188. The maximum Gasteiger partial charge on any atom is 0.408 e. The van der Waals surface area contributed by atoms with E-state index in [1.54, 1.807) is 0 Å². The Bertz CT molecular complexity index is 541. The third-order valence-electron chi connectivity index (χ3n) is 3.60. The van der Waals surface area contributed by atoms with Gasteiger partial charge in [0.15, 0.2) is 5.60 Å². The molecule has 2 aromatic rings. The van der Waals surface area contributed by atoms with E-state index in [-0.39, 0.29) is 12.1 Å². The molecular weight excluding hydrogens is 238 g/mol. The molecule has 0 saturated carbocycles. The first kappa shape index (κ1) is 11.8. The quantitative estimate of drug-likeness (QED) is 0.893. The molecule has 1 unspecified atom stereocenters. The van der Waals surface area contributed by atoms with E-state index in [1.165, 1.54) is 0 Å². The number of amides is 1. The molecule has 1 heterocycles. The van der Waals surface area contributed by atoms with Crippen LogP contribution in [0.1, 0.15) is 18.1 Å². The number of benzene rings is 2. The number of carbonyl (C=O) groups excluding carboxylic acids is 1. The van der Waals surface area contributed by atoms with Gasteiger partial charge in [-0.25, -0.2) is 4.79 Å². The standard InChI is InChI=1S/C16H15NO2/c1-12-16(19-15(18)17-12,13-8-4-2-5-9-13)14-10-6-3-7-11-14/h2-12H,1H3,(H,17,18). The second-order valence-corrected chi connectivity index (χ2v) is 4.72. The van der Waals surface area contributed by atoms with Crippen molar-refractivity contribution in [1.82, 2.24) is 5.32 Å². The molecule has 1 atom stereocenters. The van der Waals surface area contributed by atoms with Gasteiger partial charge in [0.1, 0.15) is 0 Å². The van der Waals surface area contributed by atoms with Crippen LogP contribution in [0.15, 0.2) is 60.7 Å². The molecule has 1 aliphatic heterocycles. The molecule has 3 nitrogen and oxygen atoms in total. The van der Waals surface area contributed by atoms with Crippen molar-refractivity contribution in [3.05, 3.63) is 71.8 Å². The summed E-state index contributed by atoms with van der Waals surface area (Å²) in [7, 11) is 0. The largest absolute Gasteiger partial charge is 0.431 e. The van der Waals surface area contributed by atoms with Crippen molar-refractivity contribution < 1.29 is 9.53 Å². The smallest absolute Gasteiger partial charge is 0.408 e. The summed E-state index contributed by atoms with van der Waals surface area (Å²) in [6, 6.07) is 19.6. The molecule has 0 aromatic heterocycles. The molecule has 0 spiro atoms. The molecule has 0 radical (unpaired) electrons. The van der Waals surface area contributed by atoms with E-state index in [1.807, 2.05) is 67.6 Å². The van der Waals surface area contributed by atoms with Crippen LogP contribution in [-0.4, -0.2) is 12.1 Å². The van der Waals surface area contributed by atoms with Gasteiger partial charge in [0.2, 0.25) is 0 Å². The second-order valence-electron chi connectivity index (χ2n) is 4.72. The zero-order valence-corrected chi connectivity index (χ0v) is 10.7. The Hall–Kier alpha value is -2.29. The number of hydrogen-bond donors (Lipinski definition) is 1. The molecule has 2 aromatic carbocycles. The molecule has 3 heteroatoms. The van der Waals surface area contributed by atoms with E-state index < -0.39 is 5.60 Å². The number of rotatable bonds is 2. The van der Waals surface area contributed by atoms with Crippen molar-refractivity contribution >= 4 is 6.09 Å². The minimum absolute atomic E-state index is 0.121. The van der Waals surface area contributed by atoms with E-state index in [0.717, 1.165) is 11.1 Å². The van der Waals surface area contributed by atoms with Crippen molar-refractivity contribution in [2.75, 3.05) is 0 Å². The van der Waals surface area contributed by atoms with Crippen molar-refractivity contribution in [1.29, 1.82) is 0 Å². The average Bonchev–Trinajstić information content (AvgIpc) is 2.76. The van der Waals surface area contributed by atoms with Crippen LogP contribution in [-0.2, 0) is 10.3 Å². The second kappa shape index (κ2) is 4.43. The Kier molecular flexibility index (Phi) is 2.75. The summed E-state index contributed by atoms with van der Waals surface area (Å²) in [5, 5.41) is 2.84.